The molecule has 1 unspecified atom stereocenters. The Kier molecular flexibility index (Phi) is 4.82. The number of aromatic nitrogens is 2. The van der Waals surface area contributed by atoms with Crippen molar-refractivity contribution in [1.29, 1.82) is 0 Å². The Bertz CT molecular complexity index is 1230. The molecule has 0 bridgehead atoms. The number of hydrogen-bond donors (Lipinski definition) is 2. The van der Waals surface area contributed by atoms with Crippen LogP contribution in [0, 0.1) is 0 Å². The molecule has 156 valence electrons. The molecule has 0 spiro atoms. The lowest BCUT2D eigenvalue weighted by Crippen LogP contribution is -2.29. The number of anilines is 1. The topological polar surface area (TPSA) is 76.1 Å². The molecule has 1 aliphatic heterocycles. The molecule has 6 heteroatoms. The second-order valence-corrected chi connectivity index (χ2v) is 7.77. The van der Waals surface area contributed by atoms with Gasteiger partial charge in [0.05, 0.1) is 11.3 Å². The van der Waals surface area contributed by atoms with Crippen molar-refractivity contribution in [1.82, 2.24) is 9.78 Å². The number of para-hydroxylation sites is 1. The summed E-state index contributed by atoms with van der Waals surface area (Å²) in [6.45, 7) is 4.09. The van der Waals surface area contributed by atoms with Crippen LogP contribution in [0.3, 0.4) is 0 Å². The van der Waals surface area contributed by atoms with E-state index in [1.165, 1.54) is 4.68 Å². The van der Waals surface area contributed by atoms with Crippen LogP contribution in [0.15, 0.2) is 83.3 Å². The SMILES string of the molecule is C=CCOc1ccc(C2C3=C(CCCC3=O)Nc3[nH]n(-c4ccccc4)c(=O)c32)cc1. The fourth-order valence-electron chi connectivity index (χ4n) is 4.44. The third kappa shape index (κ3) is 3.30. The largest absolute Gasteiger partial charge is 0.490 e. The van der Waals surface area contributed by atoms with Gasteiger partial charge in [-0.15, -0.1) is 0 Å². The highest BCUT2D eigenvalue weighted by Gasteiger charge is 2.38. The van der Waals surface area contributed by atoms with E-state index in [4.69, 9.17) is 4.74 Å². The Morgan fingerprint density at radius 1 is 1.06 bits per heavy atom. The second kappa shape index (κ2) is 7.80. The number of benzene rings is 2. The minimum atomic E-state index is -0.416. The maximum Gasteiger partial charge on any atom is 0.277 e. The number of ether oxygens (including phenoxy) is 1. The number of fused-ring (bicyclic) bond motifs is 1. The van der Waals surface area contributed by atoms with E-state index in [9.17, 15) is 9.59 Å². The predicted octanol–water partition coefficient (Wildman–Crippen LogP) is 4.29. The van der Waals surface area contributed by atoms with Crippen LogP contribution in [0.25, 0.3) is 5.69 Å². The summed E-state index contributed by atoms with van der Waals surface area (Å²) < 4.78 is 7.14. The first kappa shape index (κ1) is 19.2. The molecule has 3 aromatic rings. The molecule has 2 N–H and O–H groups in total. The first-order chi connectivity index (χ1) is 15.2. The van der Waals surface area contributed by atoms with Crippen LogP contribution in [0.4, 0.5) is 5.82 Å². The van der Waals surface area contributed by atoms with Gasteiger partial charge < -0.3 is 10.1 Å². The summed E-state index contributed by atoms with van der Waals surface area (Å²) in [5.41, 5.74) is 3.66. The summed E-state index contributed by atoms with van der Waals surface area (Å²) >= 11 is 0. The molecule has 2 aliphatic rings. The van der Waals surface area contributed by atoms with E-state index in [0.29, 0.717) is 30.0 Å². The van der Waals surface area contributed by atoms with E-state index >= 15 is 0 Å². The highest BCUT2D eigenvalue weighted by Crippen LogP contribution is 2.43. The fourth-order valence-corrected chi connectivity index (χ4v) is 4.44. The maximum atomic E-state index is 13.5. The normalized spacial score (nSPS) is 17.5. The van der Waals surface area contributed by atoms with E-state index in [1.54, 1.807) is 6.08 Å². The zero-order chi connectivity index (χ0) is 21.4. The average Bonchev–Trinajstić information content (AvgIpc) is 3.13. The molecule has 1 aliphatic carbocycles. The number of Topliss-reactive ketones (excluding diaryl/α,β-unsaturated/α-hetero) is 1. The van der Waals surface area contributed by atoms with Crippen LogP contribution < -0.4 is 15.6 Å². The van der Waals surface area contributed by atoms with Crippen molar-refractivity contribution >= 4 is 11.6 Å². The van der Waals surface area contributed by atoms with E-state index in [1.807, 2.05) is 54.6 Å². The number of carbonyl (C=O) groups is 1. The molecule has 5 rings (SSSR count). The van der Waals surface area contributed by atoms with Gasteiger partial charge in [0.25, 0.3) is 5.56 Å². The highest BCUT2D eigenvalue weighted by molar-refractivity contribution is 6.00. The highest BCUT2D eigenvalue weighted by atomic mass is 16.5. The number of ketones is 1. The van der Waals surface area contributed by atoms with Crippen LogP contribution >= 0.6 is 0 Å². The van der Waals surface area contributed by atoms with Crippen LogP contribution in [-0.2, 0) is 4.79 Å². The molecule has 6 nitrogen and oxygen atoms in total. The Balaban J connectivity index is 1.65. The smallest absolute Gasteiger partial charge is 0.277 e. The van der Waals surface area contributed by atoms with Crippen molar-refractivity contribution in [2.45, 2.75) is 25.2 Å². The van der Waals surface area contributed by atoms with E-state index in [2.05, 4.69) is 17.0 Å². The third-order valence-corrected chi connectivity index (χ3v) is 5.83. The summed E-state index contributed by atoms with van der Waals surface area (Å²) in [7, 11) is 0. The van der Waals surface area contributed by atoms with E-state index < -0.39 is 5.92 Å². The number of hydrogen-bond acceptors (Lipinski definition) is 4. The standard InChI is InChI=1S/C25H23N3O3/c1-2-15-31-18-13-11-16(12-14-18)21-22-19(9-6-10-20(22)29)26-24-23(21)25(30)28(27-24)17-7-4-3-5-8-17/h2-5,7-8,11-14,21,26-27H,1,6,9-10,15H2. The predicted molar refractivity (Wildman–Crippen MR) is 120 cm³/mol. The number of H-pyrrole nitrogens is 1. The van der Waals surface area contributed by atoms with Gasteiger partial charge in [-0.3, -0.25) is 14.7 Å². The monoisotopic (exact) mass is 413 g/mol. The first-order valence-electron chi connectivity index (χ1n) is 10.4. The Hall–Kier alpha value is -3.80. The summed E-state index contributed by atoms with van der Waals surface area (Å²) in [6.07, 6.45) is 3.79. The lowest BCUT2D eigenvalue weighted by Gasteiger charge is -2.31. The van der Waals surface area contributed by atoms with E-state index in [-0.39, 0.29) is 11.3 Å². The molecular formula is C25H23N3O3. The van der Waals surface area contributed by atoms with Gasteiger partial charge in [-0.05, 0) is 42.7 Å². The molecule has 0 radical (unpaired) electrons. The van der Waals surface area contributed by atoms with Crippen LogP contribution in [0.5, 0.6) is 5.75 Å². The van der Waals surface area contributed by atoms with Crippen LogP contribution in [-0.4, -0.2) is 22.2 Å². The molecule has 2 aromatic carbocycles. The van der Waals surface area contributed by atoms with Gasteiger partial charge in [-0.25, -0.2) is 4.68 Å². The lowest BCUT2D eigenvalue weighted by molar-refractivity contribution is -0.116. The molecule has 1 atom stereocenters. The number of allylic oxidation sites excluding steroid dienone is 2. The third-order valence-electron chi connectivity index (χ3n) is 5.83. The first-order valence-corrected chi connectivity index (χ1v) is 10.4. The summed E-state index contributed by atoms with van der Waals surface area (Å²) in [5.74, 6) is 1.06. The van der Waals surface area contributed by atoms with Crippen LogP contribution in [0.1, 0.15) is 36.3 Å². The van der Waals surface area contributed by atoms with Crippen LogP contribution in [0.2, 0.25) is 0 Å². The Morgan fingerprint density at radius 2 is 1.84 bits per heavy atom. The van der Waals surface area contributed by atoms with Crippen molar-refractivity contribution in [3.8, 4) is 11.4 Å². The lowest BCUT2D eigenvalue weighted by atomic mass is 9.77. The molecule has 31 heavy (non-hydrogen) atoms. The van der Waals surface area contributed by atoms with Gasteiger partial charge in [0, 0.05) is 23.6 Å². The molecule has 0 amide bonds. The minimum absolute atomic E-state index is 0.100. The zero-order valence-electron chi connectivity index (χ0n) is 17.1. The quantitative estimate of drug-likeness (QED) is 0.612. The molecule has 0 saturated carbocycles. The number of nitrogens with one attached hydrogen (secondary N) is 2. The van der Waals surface area contributed by atoms with Gasteiger partial charge in [-0.1, -0.05) is 43.0 Å². The fraction of sp³-hybridized carbons (Fsp3) is 0.200. The van der Waals surface area contributed by atoms with Gasteiger partial charge in [0.2, 0.25) is 0 Å². The van der Waals surface area contributed by atoms with Crippen molar-refractivity contribution < 1.29 is 9.53 Å². The molecule has 2 heterocycles. The number of rotatable bonds is 5. The number of carbonyl (C=O) groups excluding carboxylic acids is 1. The zero-order valence-corrected chi connectivity index (χ0v) is 17.1. The Labute approximate surface area is 179 Å². The summed E-state index contributed by atoms with van der Waals surface area (Å²) in [5, 5.41) is 6.56. The summed E-state index contributed by atoms with van der Waals surface area (Å²) in [4.78, 5) is 26.5. The van der Waals surface area contributed by atoms with Crippen molar-refractivity contribution in [3.05, 3.63) is 100 Å². The number of nitrogens with zero attached hydrogens (tertiary/aromatic N) is 1. The average molecular weight is 413 g/mol. The molecule has 0 saturated heterocycles. The Morgan fingerprint density at radius 3 is 2.58 bits per heavy atom. The van der Waals surface area contributed by atoms with Gasteiger partial charge in [0.15, 0.2) is 5.78 Å². The molecule has 0 fully saturated rings. The van der Waals surface area contributed by atoms with E-state index in [0.717, 1.165) is 35.5 Å². The minimum Gasteiger partial charge on any atom is -0.490 e. The number of aromatic amines is 1. The van der Waals surface area contributed by atoms with Gasteiger partial charge in [-0.2, -0.15) is 0 Å². The van der Waals surface area contributed by atoms with Crippen molar-refractivity contribution in [3.63, 3.8) is 0 Å². The van der Waals surface area contributed by atoms with Crippen molar-refractivity contribution in [2.24, 2.45) is 0 Å². The molecule has 1 aromatic heterocycles. The maximum absolute atomic E-state index is 13.5. The van der Waals surface area contributed by atoms with Gasteiger partial charge >= 0.3 is 0 Å². The summed E-state index contributed by atoms with van der Waals surface area (Å²) in [6, 6.07) is 17.1. The van der Waals surface area contributed by atoms with Gasteiger partial charge in [0.1, 0.15) is 18.2 Å². The second-order valence-electron chi connectivity index (χ2n) is 7.77. The van der Waals surface area contributed by atoms with Crippen molar-refractivity contribution in [2.75, 3.05) is 11.9 Å². The molecular weight excluding hydrogens is 390 g/mol.